The molecule has 0 fully saturated rings. The zero-order chi connectivity index (χ0) is 13.3. The Morgan fingerprint density at radius 2 is 2.22 bits per heavy atom. The van der Waals surface area contributed by atoms with Crippen LogP contribution in [0.4, 0.5) is 5.69 Å². The fraction of sp³-hybridized carbons (Fsp3) is 0.250. The van der Waals surface area contributed by atoms with Gasteiger partial charge < -0.3 is 5.11 Å². The zero-order valence-electron chi connectivity index (χ0n) is 10.1. The summed E-state index contributed by atoms with van der Waals surface area (Å²) in [5.41, 5.74) is 1.74. The molecule has 0 aliphatic rings. The number of aromatic nitrogens is 2. The molecule has 0 saturated carbocycles. The van der Waals surface area contributed by atoms with E-state index >= 15 is 0 Å². The summed E-state index contributed by atoms with van der Waals surface area (Å²) < 4.78 is 1.46. The predicted molar refractivity (Wildman–Crippen MR) is 65.6 cm³/mol. The first-order valence-electron chi connectivity index (χ1n) is 5.47. The number of aliphatic hydroxyl groups is 1. The highest BCUT2D eigenvalue weighted by Gasteiger charge is 2.18. The summed E-state index contributed by atoms with van der Waals surface area (Å²) in [7, 11) is 0. The average Bonchev–Trinajstić information content (AvgIpc) is 2.74. The van der Waals surface area contributed by atoms with Gasteiger partial charge in [-0.25, -0.2) is 4.68 Å². The first-order chi connectivity index (χ1) is 8.49. The number of nitrogens with zero attached hydrogens (tertiary/aromatic N) is 3. The van der Waals surface area contributed by atoms with Gasteiger partial charge in [-0.1, -0.05) is 6.07 Å². The molecule has 0 spiro atoms. The van der Waals surface area contributed by atoms with Gasteiger partial charge >= 0.3 is 0 Å². The van der Waals surface area contributed by atoms with E-state index in [2.05, 4.69) is 5.10 Å². The van der Waals surface area contributed by atoms with E-state index in [-0.39, 0.29) is 5.69 Å². The van der Waals surface area contributed by atoms with Crippen molar-refractivity contribution < 1.29 is 10.0 Å². The van der Waals surface area contributed by atoms with Gasteiger partial charge in [0.15, 0.2) is 0 Å². The van der Waals surface area contributed by atoms with E-state index in [9.17, 15) is 15.2 Å². The van der Waals surface area contributed by atoms with Crippen molar-refractivity contribution in [1.82, 2.24) is 9.78 Å². The van der Waals surface area contributed by atoms with Gasteiger partial charge in [0.1, 0.15) is 5.69 Å². The maximum Gasteiger partial charge on any atom is 0.295 e. The van der Waals surface area contributed by atoms with Crippen molar-refractivity contribution in [2.45, 2.75) is 20.0 Å². The molecular formula is C12H13N3O3. The molecule has 94 valence electrons. The SMILES string of the molecule is Cc1cnn(-c2ccc(C(C)O)cc2[N+](=O)[O-])c1. The molecule has 1 atom stereocenters. The van der Waals surface area contributed by atoms with Gasteiger partial charge in [-0.15, -0.1) is 0 Å². The standard InChI is InChI=1S/C12H13N3O3/c1-8-6-13-14(7-8)11-4-3-10(9(2)16)5-12(11)15(17)18/h3-7,9,16H,1-2H3. The lowest BCUT2D eigenvalue weighted by molar-refractivity contribution is -0.384. The van der Waals surface area contributed by atoms with Crippen LogP contribution in [0, 0.1) is 17.0 Å². The van der Waals surface area contributed by atoms with E-state index in [1.54, 1.807) is 31.5 Å². The largest absolute Gasteiger partial charge is 0.389 e. The van der Waals surface area contributed by atoms with E-state index in [0.29, 0.717) is 11.3 Å². The Labute approximate surface area is 104 Å². The normalized spacial score (nSPS) is 12.4. The van der Waals surface area contributed by atoms with Crippen LogP contribution in [-0.4, -0.2) is 19.8 Å². The number of benzene rings is 1. The molecule has 18 heavy (non-hydrogen) atoms. The summed E-state index contributed by atoms with van der Waals surface area (Å²) in [6, 6.07) is 4.62. The molecule has 2 rings (SSSR count). The summed E-state index contributed by atoms with van der Waals surface area (Å²) >= 11 is 0. The van der Waals surface area contributed by atoms with Crippen molar-refractivity contribution in [2.75, 3.05) is 0 Å². The van der Waals surface area contributed by atoms with Crippen LogP contribution in [0.2, 0.25) is 0 Å². The Morgan fingerprint density at radius 3 is 2.72 bits per heavy atom. The van der Waals surface area contributed by atoms with Crippen LogP contribution >= 0.6 is 0 Å². The summed E-state index contributed by atoms with van der Waals surface area (Å²) in [6.45, 7) is 3.43. The van der Waals surface area contributed by atoms with Crippen LogP contribution < -0.4 is 0 Å². The topological polar surface area (TPSA) is 81.2 Å². The monoisotopic (exact) mass is 247 g/mol. The van der Waals surface area contributed by atoms with E-state index < -0.39 is 11.0 Å². The Morgan fingerprint density at radius 1 is 1.50 bits per heavy atom. The molecule has 1 N–H and O–H groups in total. The average molecular weight is 247 g/mol. The first-order valence-corrected chi connectivity index (χ1v) is 5.47. The van der Waals surface area contributed by atoms with E-state index in [0.717, 1.165) is 5.56 Å². The van der Waals surface area contributed by atoms with Crippen molar-refractivity contribution in [3.8, 4) is 5.69 Å². The first kappa shape index (κ1) is 12.3. The molecule has 1 unspecified atom stereocenters. The van der Waals surface area contributed by atoms with Crippen molar-refractivity contribution in [1.29, 1.82) is 0 Å². The number of hydrogen-bond acceptors (Lipinski definition) is 4. The maximum atomic E-state index is 11.1. The van der Waals surface area contributed by atoms with E-state index in [1.807, 2.05) is 6.92 Å². The van der Waals surface area contributed by atoms with Crippen LogP contribution in [0.5, 0.6) is 0 Å². The van der Waals surface area contributed by atoms with Gasteiger partial charge in [-0.05, 0) is 31.0 Å². The fourth-order valence-electron chi connectivity index (χ4n) is 1.68. The molecule has 0 saturated heterocycles. The lowest BCUT2D eigenvalue weighted by Gasteiger charge is -2.07. The summed E-state index contributed by atoms with van der Waals surface area (Å²) in [5.74, 6) is 0. The van der Waals surface area contributed by atoms with E-state index in [1.165, 1.54) is 10.7 Å². The Kier molecular flexibility index (Phi) is 3.12. The van der Waals surface area contributed by atoms with Crippen LogP contribution in [0.3, 0.4) is 0 Å². The highest BCUT2D eigenvalue weighted by Crippen LogP contribution is 2.26. The van der Waals surface area contributed by atoms with Crippen LogP contribution in [0.1, 0.15) is 24.2 Å². The van der Waals surface area contributed by atoms with Crippen molar-refractivity contribution >= 4 is 5.69 Å². The minimum Gasteiger partial charge on any atom is -0.389 e. The maximum absolute atomic E-state index is 11.1. The molecule has 6 heteroatoms. The summed E-state index contributed by atoms with van der Waals surface area (Å²) in [4.78, 5) is 10.6. The molecule has 1 aromatic heterocycles. The van der Waals surface area contributed by atoms with Crippen LogP contribution in [0.15, 0.2) is 30.6 Å². The molecule has 2 aromatic rings. The van der Waals surface area contributed by atoms with Gasteiger partial charge in [0, 0.05) is 12.3 Å². The third-order valence-electron chi connectivity index (χ3n) is 2.64. The second kappa shape index (κ2) is 4.58. The summed E-state index contributed by atoms with van der Waals surface area (Å²) in [5, 5.41) is 24.6. The highest BCUT2D eigenvalue weighted by molar-refractivity contribution is 5.54. The number of nitro groups is 1. The number of aliphatic hydroxyl groups excluding tert-OH is 1. The molecule has 1 heterocycles. The molecular weight excluding hydrogens is 234 g/mol. The Bertz CT molecular complexity index is 590. The van der Waals surface area contributed by atoms with Gasteiger partial charge in [0.25, 0.3) is 5.69 Å². The number of hydrogen-bond donors (Lipinski definition) is 1. The highest BCUT2D eigenvalue weighted by atomic mass is 16.6. The second-order valence-electron chi connectivity index (χ2n) is 4.14. The number of nitro benzene ring substituents is 1. The minimum atomic E-state index is -0.739. The minimum absolute atomic E-state index is 0.0727. The van der Waals surface area contributed by atoms with Crippen molar-refractivity contribution in [2.24, 2.45) is 0 Å². The molecule has 1 aromatic carbocycles. The Balaban J connectivity index is 2.57. The second-order valence-corrected chi connectivity index (χ2v) is 4.14. The molecule has 0 radical (unpaired) electrons. The zero-order valence-corrected chi connectivity index (χ0v) is 10.1. The third-order valence-corrected chi connectivity index (χ3v) is 2.64. The smallest absolute Gasteiger partial charge is 0.295 e. The molecule has 6 nitrogen and oxygen atoms in total. The third kappa shape index (κ3) is 2.23. The number of rotatable bonds is 3. The number of aryl methyl sites for hydroxylation is 1. The predicted octanol–water partition coefficient (Wildman–Crippen LogP) is 2.14. The van der Waals surface area contributed by atoms with Gasteiger partial charge in [0.2, 0.25) is 0 Å². The van der Waals surface area contributed by atoms with E-state index in [4.69, 9.17) is 0 Å². The molecule has 0 bridgehead atoms. The molecule has 0 amide bonds. The van der Waals surface area contributed by atoms with Gasteiger partial charge in [-0.2, -0.15) is 5.10 Å². The van der Waals surface area contributed by atoms with Crippen LogP contribution in [-0.2, 0) is 0 Å². The van der Waals surface area contributed by atoms with Crippen molar-refractivity contribution in [3.05, 3.63) is 51.8 Å². The van der Waals surface area contributed by atoms with Gasteiger partial charge in [-0.3, -0.25) is 10.1 Å². The van der Waals surface area contributed by atoms with Gasteiger partial charge in [0.05, 0.1) is 17.2 Å². The van der Waals surface area contributed by atoms with Crippen molar-refractivity contribution in [3.63, 3.8) is 0 Å². The summed E-state index contributed by atoms with van der Waals surface area (Å²) in [6.07, 6.45) is 2.61. The quantitative estimate of drug-likeness (QED) is 0.665. The molecule has 0 aliphatic heterocycles. The Hall–Kier alpha value is -2.21. The molecule has 0 aliphatic carbocycles. The fourth-order valence-corrected chi connectivity index (χ4v) is 1.68. The lowest BCUT2D eigenvalue weighted by Crippen LogP contribution is -2.02. The lowest BCUT2D eigenvalue weighted by atomic mass is 10.1. The van der Waals surface area contributed by atoms with Crippen LogP contribution in [0.25, 0.3) is 5.69 Å².